The van der Waals surface area contributed by atoms with E-state index >= 15 is 0 Å². The molecule has 2 rings (SSSR count). The van der Waals surface area contributed by atoms with E-state index in [0.29, 0.717) is 16.9 Å². The average Bonchev–Trinajstić information content (AvgIpc) is 2.72. The summed E-state index contributed by atoms with van der Waals surface area (Å²) in [6.07, 6.45) is 0.238. The summed E-state index contributed by atoms with van der Waals surface area (Å²) in [7, 11) is 1.36. The topological polar surface area (TPSA) is 103 Å². The fraction of sp³-hybridized carbons (Fsp3) is 0.318. The van der Waals surface area contributed by atoms with Crippen LogP contribution < -0.4 is 10.2 Å². The molecule has 2 N–H and O–H groups in total. The highest BCUT2D eigenvalue weighted by Gasteiger charge is 2.25. The fourth-order valence-corrected chi connectivity index (χ4v) is 2.89. The van der Waals surface area contributed by atoms with Gasteiger partial charge in [-0.25, -0.2) is 4.79 Å². The third-order valence-corrected chi connectivity index (χ3v) is 4.61. The summed E-state index contributed by atoms with van der Waals surface area (Å²) in [5.74, 6) is -0.289. The van der Waals surface area contributed by atoms with Crippen molar-refractivity contribution in [3.8, 4) is 6.07 Å². The lowest BCUT2D eigenvalue weighted by Crippen LogP contribution is -2.37. The van der Waals surface area contributed by atoms with E-state index in [0.717, 1.165) is 5.56 Å². The van der Waals surface area contributed by atoms with Gasteiger partial charge in [0.1, 0.15) is 0 Å². The van der Waals surface area contributed by atoms with Crippen LogP contribution in [0, 0.1) is 11.3 Å². The number of urea groups is 1. The first-order chi connectivity index (χ1) is 13.8. The Morgan fingerprint density at radius 3 is 2.28 bits per heavy atom. The van der Waals surface area contributed by atoms with Crippen molar-refractivity contribution in [1.82, 2.24) is 0 Å². The molecule has 7 nitrogen and oxygen atoms in total. The Bertz CT molecular complexity index is 884. The summed E-state index contributed by atoms with van der Waals surface area (Å²) in [6.45, 7) is 3.81. The van der Waals surface area contributed by atoms with Crippen LogP contribution in [-0.4, -0.2) is 37.4 Å². The molecule has 0 atom stereocenters. The second kappa shape index (κ2) is 9.71. The van der Waals surface area contributed by atoms with Crippen molar-refractivity contribution in [3.63, 3.8) is 0 Å². The molecule has 0 unspecified atom stereocenters. The molecule has 0 saturated carbocycles. The molecule has 0 aliphatic carbocycles. The third-order valence-electron chi connectivity index (χ3n) is 4.61. The molecular formula is C22H25N3O4. The van der Waals surface area contributed by atoms with Gasteiger partial charge in [0.2, 0.25) is 0 Å². The number of anilines is 2. The molecule has 2 aromatic carbocycles. The molecule has 0 saturated heterocycles. The number of hydrogen-bond donors (Lipinski definition) is 2. The molecule has 152 valence electrons. The molecule has 0 spiro atoms. The number of carbonyl (C=O) groups is 2. The van der Waals surface area contributed by atoms with Crippen LogP contribution >= 0.6 is 0 Å². The quantitative estimate of drug-likeness (QED) is 0.699. The zero-order chi connectivity index (χ0) is 21.4. The number of rotatable bonds is 7. The molecule has 29 heavy (non-hydrogen) atoms. The SMILES string of the molecule is COC(=O)CC(C)(C)c1ccc(N(CCO)C(=O)Nc2ccc(C#N)cc2)cc1. The van der Waals surface area contributed by atoms with Gasteiger partial charge < -0.3 is 15.2 Å². The molecule has 0 bridgehead atoms. The van der Waals surface area contributed by atoms with E-state index < -0.39 is 11.4 Å². The van der Waals surface area contributed by atoms with E-state index in [2.05, 4.69) is 5.32 Å². The highest BCUT2D eigenvalue weighted by Crippen LogP contribution is 2.29. The highest BCUT2D eigenvalue weighted by molar-refractivity contribution is 6.01. The number of nitriles is 1. The van der Waals surface area contributed by atoms with Crippen LogP contribution in [0.3, 0.4) is 0 Å². The highest BCUT2D eigenvalue weighted by atomic mass is 16.5. The van der Waals surface area contributed by atoms with E-state index in [9.17, 15) is 14.7 Å². The normalized spacial score (nSPS) is 10.7. The molecule has 2 aromatic rings. The molecule has 0 radical (unpaired) electrons. The molecule has 7 heteroatoms. The largest absolute Gasteiger partial charge is 0.469 e. The van der Waals surface area contributed by atoms with E-state index in [-0.39, 0.29) is 25.5 Å². The number of nitrogens with one attached hydrogen (secondary N) is 1. The van der Waals surface area contributed by atoms with Crippen LogP contribution in [-0.2, 0) is 14.9 Å². The summed E-state index contributed by atoms with van der Waals surface area (Å²) in [5, 5.41) is 21.0. The monoisotopic (exact) mass is 395 g/mol. The zero-order valence-corrected chi connectivity index (χ0v) is 16.8. The molecular weight excluding hydrogens is 370 g/mol. The van der Waals surface area contributed by atoms with Gasteiger partial charge in [0.05, 0.1) is 38.3 Å². The number of methoxy groups -OCH3 is 1. The van der Waals surface area contributed by atoms with E-state index in [1.165, 1.54) is 12.0 Å². The summed E-state index contributed by atoms with van der Waals surface area (Å²) < 4.78 is 4.76. The van der Waals surface area contributed by atoms with Gasteiger partial charge in [-0.2, -0.15) is 5.26 Å². The van der Waals surface area contributed by atoms with E-state index in [1.54, 1.807) is 36.4 Å². The third kappa shape index (κ3) is 5.80. The van der Waals surface area contributed by atoms with E-state index in [1.807, 2.05) is 32.0 Å². The standard InChI is InChI=1S/C22H25N3O4/c1-22(2,14-20(27)29-3)17-6-10-19(11-7-17)25(12-13-26)21(28)24-18-8-4-16(15-23)5-9-18/h4-11,26H,12-14H2,1-3H3,(H,24,28). The molecule has 0 heterocycles. The lowest BCUT2D eigenvalue weighted by atomic mass is 9.81. The molecule has 2 amide bonds. The first-order valence-electron chi connectivity index (χ1n) is 9.17. The molecule has 0 aliphatic rings. The van der Waals surface area contributed by atoms with Gasteiger partial charge in [-0.15, -0.1) is 0 Å². The Kier molecular flexibility index (Phi) is 7.34. The Hall–Kier alpha value is -3.37. The van der Waals surface area contributed by atoms with Crippen molar-refractivity contribution in [3.05, 3.63) is 59.7 Å². The zero-order valence-electron chi connectivity index (χ0n) is 16.8. The van der Waals surface area contributed by atoms with Crippen molar-refractivity contribution < 1.29 is 19.4 Å². The minimum absolute atomic E-state index is 0.118. The Labute approximate surface area is 170 Å². The summed E-state index contributed by atoms with van der Waals surface area (Å²) in [4.78, 5) is 25.8. The Morgan fingerprint density at radius 1 is 1.14 bits per heavy atom. The maximum absolute atomic E-state index is 12.7. The lowest BCUT2D eigenvalue weighted by molar-refractivity contribution is -0.141. The van der Waals surface area contributed by atoms with Crippen molar-refractivity contribution in [2.45, 2.75) is 25.7 Å². The van der Waals surface area contributed by atoms with Gasteiger partial charge in [0.25, 0.3) is 0 Å². The maximum Gasteiger partial charge on any atom is 0.326 e. The molecule has 0 aliphatic heterocycles. The first-order valence-corrected chi connectivity index (χ1v) is 9.17. The van der Waals surface area contributed by atoms with Crippen molar-refractivity contribution in [1.29, 1.82) is 5.26 Å². The number of aliphatic hydroxyl groups excluding tert-OH is 1. The van der Waals surface area contributed by atoms with Gasteiger partial charge in [-0.3, -0.25) is 9.69 Å². The van der Waals surface area contributed by atoms with Crippen LogP contribution in [0.2, 0.25) is 0 Å². The number of carbonyl (C=O) groups excluding carboxylic acids is 2. The number of amides is 2. The van der Waals surface area contributed by atoms with Crippen LogP contribution in [0.1, 0.15) is 31.4 Å². The summed E-state index contributed by atoms with van der Waals surface area (Å²) in [6, 6.07) is 15.4. The van der Waals surface area contributed by atoms with Crippen molar-refractivity contribution in [2.75, 3.05) is 30.5 Å². The Balaban J connectivity index is 2.18. The van der Waals surface area contributed by atoms with Gasteiger partial charge in [0, 0.05) is 16.8 Å². The number of hydrogen-bond acceptors (Lipinski definition) is 5. The number of aliphatic hydroxyl groups is 1. The number of ether oxygens (including phenoxy) is 1. The molecule has 0 fully saturated rings. The summed E-state index contributed by atoms with van der Waals surface area (Å²) in [5.41, 5.74) is 2.18. The van der Waals surface area contributed by atoms with Crippen LogP contribution in [0.5, 0.6) is 0 Å². The number of esters is 1. The predicted octanol–water partition coefficient (Wildman–Crippen LogP) is 3.43. The second-order valence-corrected chi connectivity index (χ2v) is 7.18. The number of nitrogens with zero attached hydrogens (tertiary/aromatic N) is 2. The minimum Gasteiger partial charge on any atom is -0.469 e. The molecule has 0 aromatic heterocycles. The van der Waals surface area contributed by atoms with Crippen LogP contribution in [0.4, 0.5) is 16.2 Å². The van der Waals surface area contributed by atoms with Gasteiger partial charge in [-0.1, -0.05) is 26.0 Å². The predicted molar refractivity (Wildman–Crippen MR) is 111 cm³/mol. The average molecular weight is 395 g/mol. The number of benzene rings is 2. The minimum atomic E-state index is -0.418. The smallest absolute Gasteiger partial charge is 0.326 e. The fourth-order valence-electron chi connectivity index (χ4n) is 2.89. The van der Waals surface area contributed by atoms with Crippen molar-refractivity contribution in [2.24, 2.45) is 0 Å². The van der Waals surface area contributed by atoms with Gasteiger partial charge in [0.15, 0.2) is 0 Å². The van der Waals surface area contributed by atoms with Crippen LogP contribution in [0.25, 0.3) is 0 Å². The first kappa shape index (κ1) is 21.9. The second-order valence-electron chi connectivity index (χ2n) is 7.18. The van der Waals surface area contributed by atoms with Crippen molar-refractivity contribution >= 4 is 23.4 Å². The van der Waals surface area contributed by atoms with Gasteiger partial charge >= 0.3 is 12.0 Å². The Morgan fingerprint density at radius 2 is 1.76 bits per heavy atom. The summed E-state index contributed by atoms with van der Waals surface area (Å²) >= 11 is 0. The van der Waals surface area contributed by atoms with Gasteiger partial charge in [-0.05, 0) is 42.0 Å². The maximum atomic E-state index is 12.7. The van der Waals surface area contributed by atoms with E-state index in [4.69, 9.17) is 10.00 Å². The van der Waals surface area contributed by atoms with Crippen LogP contribution in [0.15, 0.2) is 48.5 Å². The lowest BCUT2D eigenvalue weighted by Gasteiger charge is -2.26.